The van der Waals surface area contributed by atoms with Gasteiger partial charge in [0.25, 0.3) is 0 Å². The number of nitrogens with two attached hydrogens (primary N) is 2. The van der Waals surface area contributed by atoms with Crippen LogP contribution in [0.5, 0.6) is 0 Å². The van der Waals surface area contributed by atoms with Gasteiger partial charge in [-0.25, -0.2) is 4.79 Å². The second kappa shape index (κ2) is 11.2. The highest BCUT2D eigenvalue weighted by molar-refractivity contribution is 7.80. The first-order valence-electron chi connectivity index (χ1n) is 6.88. The van der Waals surface area contributed by atoms with Gasteiger partial charge in [0.2, 0.25) is 11.8 Å². The van der Waals surface area contributed by atoms with Gasteiger partial charge in [-0.15, -0.1) is 0 Å². The van der Waals surface area contributed by atoms with E-state index in [0.29, 0.717) is 19.4 Å². The fourth-order valence-corrected chi connectivity index (χ4v) is 1.82. The zero-order chi connectivity index (χ0) is 17.1. The van der Waals surface area contributed by atoms with E-state index in [1.165, 1.54) is 0 Å². The summed E-state index contributed by atoms with van der Waals surface area (Å²) in [4.78, 5) is 34.4. The standard InChI is InChI=1S/C12H24N4O5S/c13-4-2-1-3-7(14)10(18)15-8(5-17)11(19)16-9(6-22)12(20)21/h7-9,17,22H,1-6,13-14H2,(H,15,18)(H,16,19)(H,20,21). The van der Waals surface area contributed by atoms with E-state index in [0.717, 1.165) is 6.42 Å². The van der Waals surface area contributed by atoms with Crippen LogP contribution >= 0.6 is 12.6 Å². The molecular formula is C12H24N4O5S. The molecule has 10 heteroatoms. The number of carbonyl (C=O) groups is 3. The molecule has 0 saturated heterocycles. The molecule has 0 rings (SSSR count). The molecule has 0 aromatic heterocycles. The third-order valence-electron chi connectivity index (χ3n) is 2.92. The molecule has 0 fully saturated rings. The summed E-state index contributed by atoms with van der Waals surface area (Å²) in [6.45, 7) is -0.178. The van der Waals surface area contributed by atoms with E-state index in [2.05, 4.69) is 23.3 Å². The van der Waals surface area contributed by atoms with Crippen molar-refractivity contribution in [2.45, 2.75) is 37.4 Å². The molecule has 0 aliphatic rings. The summed E-state index contributed by atoms with van der Waals surface area (Å²) in [5, 5.41) is 22.4. The van der Waals surface area contributed by atoms with Crippen LogP contribution in [0.15, 0.2) is 0 Å². The molecular weight excluding hydrogens is 312 g/mol. The first kappa shape index (κ1) is 20.6. The zero-order valence-corrected chi connectivity index (χ0v) is 13.1. The van der Waals surface area contributed by atoms with Crippen LogP contribution in [0.2, 0.25) is 0 Å². The maximum Gasteiger partial charge on any atom is 0.327 e. The Morgan fingerprint density at radius 3 is 2.14 bits per heavy atom. The van der Waals surface area contributed by atoms with Crippen molar-refractivity contribution >= 4 is 30.4 Å². The highest BCUT2D eigenvalue weighted by Gasteiger charge is 2.26. The van der Waals surface area contributed by atoms with Gasteiger partial charge in [-0.1, -0.05) is 6.42 Å². The van der Waals surface area contributed by atoms with Gasteiger partial charge in [0.05, 0.1) is 12.6 Å². The molecule has 0 heterocycles. The lowest BCUT2D eigenvalue weighted by Crippen LogP contribution is -2.56. The van der Waals surface area contributed by atoms with Gasteiger partial charge < -0.3 is 32.3 Å². The topological polar surface area (TPSA) is 168 Å². The number of rotatable bonds is 11. The predicted octanol–water partition coefficient (Wildman–Crippen LogP) is -2.58. The number of hydrogen-bond acceptors (Lipinski definition) is 7. The summed E-state index contributed by atoms with van der Waals surface area (Å²) in [5.74, 6) is -2.79. The number of thiol groups is 1. The summed E-state index contributed by atoms with van der Waals surface area (Å²) < 4.78 is 0. The smallest absolute Gasteiger partial charge is 0.327 e. The number of aliphatic carboxylic acids is 1. The molecule has 0 saturated carbocycles. The van der Waals surface area contributed by atoms with Crippen molar-refractivity contribution in [1.82, 2.24) is 10.6 Å². The Morgan fingerprint density at radius 1 is 1.09 bits per heavy atom. The molecule has 0 aliphatic heterocycles. The summed E-state index contributed by atoms with van der Waals surface area (Å²) in [5.41, 5.74) is 11.0. The lowest BCUT2D eigenvalue weighted by atomic mass is 10.1. The number of carboxylic acids is 1. The van der Waals surface area contributed by atoms with Gasteiger partial charge in [0, 0.05) is 5.75 Å². The number of aliphatic hydroxyl groups is 1. The van der Waals surface area contributed by atoms with Crippen molar-refractivity contribution in [2.75, 3.05) is 18.9 Å². The maximum absolute atomic E-state index is 11.8. The van der Waals surface area contributed by atoms with Gasteiger partial charge in [0.1, 0.15) is 12.1 Å². The Balaban J connectivity index is 4.47. The van der Waals surface area contributed by atoms with Crippen LogP contribution in [0.1, 0.15) is 19.3 Å². The molecule has 0 radical (unpaired) electrons. The number of unbranched alkanes of at least 4 members (excludes halogenated alkanes) is 1. The lowest BCUT2D eigenvalue weighted by Gasteiger charge is -2.20. The molecule has 0 spiro atoms. The molecule has 9 nitrogen and oxygen atoms in total. The molecule has 0 aliphatic carbocycles. The Kier molecular flexibility index (Phi) is 10.5. The fraction of sp³-hybridized carbons (Fsp3) is 0.750. The van der Waals surface area contributed by atoms with Crippen molar-refractivity contribution in [3.05, 3.63) is 0 Å². The Labute approximate surface area is 134 Å². The second-order valence-corrected chi connectivity index (χ2v) is 5.08. The molecule has 128 valence electrons. The molecule has 22 heavy (non-hydrogen) atoms. The van der Waals surface area contributed by atoms with E-state index in [1.807, 2.05) is 0 Å². The van der Waals surface area contributed by atoms with Gasteiger partial charge >= 0.3 is 5.97 Å². The van der Waals surface area contributed by atoms with Crippen LogP contribution < -0.4 is 22.1 Å². The van der Waals surface area contributed by atoms with E-state index in [9.17, 15) is 14.4 Å². The molecule has 0 aromatic rings. The Morgan fingerprint density at radius 2 is 1.68 bits per heavy atom. The number of carboxylic acid groups (broad SMARTS) is 1. The first-order chi connectivity index (χ1) is 10.4. The Bertz CT molecular complexity index is 383. The van der Waals surface area contributed by atoms with Crippen LogP contribution in [0.25, 0.3) is 0 Å². The quantitative estimate of drug-likeness (QED) is 0.160. The number of carbonyl (C=O) groups excluding carboxylic acids is 2. The van der Waals surface area contributed by atoms with Crippen LogP contribution in [0.4, 0.5) is 0 Å². The van der Waals surface area contributed by atoms with Crippen LogP contribution in [-0.2, 0) is 14.4 Å². The monoisotopic (exact) mass is 336 g/mol. The van der Waals surface area contributed by atoms with Gasteiger partial charge in [-0.05, 0) is 19.4 Å². The van der Waals surface area contributed by atoms with Crippen molar-refractivity contribution in [1.29, 1.82) is 0 Å². The zero-order valence-electron chi connectivity index (χ0n) is 12.2. The Hall–Kier alpha value is -1.36. The molecule has 3 atom stereocenters. The highest BCUT2D eigenvalue weighted by atomic mass is 32.1. The summed E-state index contributed by atoms with van der Waals surface area (Å²) in [7, 11) is 0. The van der Waals surface area contributed by atoms with Crippen LogP contribution in [0, 0.1) is 0 Å². The molecule has 0 aromatic carbocycles. The SMILES string of the molecule is NCCCCC(N)C(=O)NC(CO)C(=O)NC(CS)C(=O)O. The van der Waals surface area contributed by atoms with E-state index in [1.54, 1.807) is 0 Å². The van der Waals surface area contributed by atoms with Crippen LogP contribution in [0.3, 0.4) is 0 Å². The summed E-state index contributed by atoms with van der Waals surface area (Å²) in [6.07, 6.45) is 1.80. The van der Waals surface area contributed by atoms with Crippen molar-refractivity contribution in [2.24, 2.45) is 11.5 Å². The molecule has 2 amide bonds. The number of hydrogen-bond donors (Lipinski definition) is 7. The van der Waals surface area contributed by atoms with Crippen LogP contribution in [-0.4, -0.2) is 65.0 Å². The lowest BCUT2D eigenvalue weighted by molar-refractivity contribution is -0.141. The van der Waals surface area contributed by atoms with E-state index < -0.39 is 42.5 Å². The van der Waals surface area contributed by atoms with E-state index in [-0.39, 0.29) is 5.75 Å². The first-order valence-corrected chi connectivity index (χ1v) is 7.51. The highest BCUT2D eigenvalue weighted by Crippen LogP contribution is 1.99. The number of nitrogens with one attached hydrogen (secondary N) is 2. The minimum atomic E-state index is -1.27. The predicted molar refractivity (Wildman–Crippen MR) is 83.3 cm³/mol. The third-order valence-corrected chi connectivity index (χ3v) is 3.28. The van der Waals surface area contributed by atoms with E-state index in [4.69, 9.17) is 21.7 Å². The average molecular weight is 336 g/mol. The van der Waals surface area contributed by atoms with Crippen molar-refractivity contribution in [3.63, 3.8) is 0 Å². The minimum absolute atomic E-state index is 0.119. The molecule has 3 unspecified atom stereocenters. The second-order valence-electron chi connectivity index (χ2n) is 4.72. The van der Waals surface area contributed by atoms with Crippen molar-refractivity contribution < 1.29 is 24.6 Å². The summed E-state index contributed by atoms with van der Waals surface area (Å²) in [6, 6.07) is -3.30. The maximum atomic E-state index is 11.8. The molecule has 0 bridgehead atoms. The van der Waals surface area contributed by atoms with Gasteiger partial charge in [0.15, 0.2) is 0 Å². The third kappa shape index (κ3) is 7.59. The minimum Gasteiger partial charge on any atom is -0.480 e. The number of aliphatic hydroxyl groups excluding tert-OH is 1. The molecule has 8 N–H and O–H groups in total. The summed E-state index contributed by atoms with van der Waals surface area (Å²) >= 11 is 3.80. The number of amides is 2. The normalized spacial score (nSPS) is 14.7. The largest absolute Gasteiger partial charge is 0.480 e. The van der Waals surface area contributed by atoms with Crippen molar-refractivity contribution in [3.8, 4) is 0 Å². The van der Waals surface area contributed by atoms with Gasteiger partial charge in [-0.2, -0.15) is 12.6 Å². The average Bonchev–Trinajstić information content (AvgIpc) is 2.49. The van der Waals surface area contributed by atoms with Gasteiger partial charge in [-0.3, -0.25) is 9.59 Å². The van der Waals surface area contributed by atoms with E-state index >= 15 is 0 Å². The fourth-order valence-electron chi connectivity index (χ4n) is 1.57.